The highest BCUT2D eigenvalue weighted by Gasteiger charge is 2.09. The molecule has 0 aliphatic rings. The number of phenols is 1. The molecule has 1 aromatic rings. The van der Waals surface area contributed by atoms with Crippen molar-refractivity contribution in [1.82, 2.24) is 4.90 Å². The molecule has 6 nitrogen and oxygen atoms in total. The number of methoxy groups -OCH3 is 1. The van der Waals surface area contributed by atoms with Crippen LogP contribution in [-0.2, 0) is 4.79 Å². The van der Waals surface area contributed by atoms with Crippen LogP contribution < -0.4 is 16.2 Å². The van der Waals surface area contributed by atoms with Gasteiger partial charge < -0.3 is 26.2 Å². The number of benzene rings is 1. The minimum atomic E-state index is -0.0532. The molecule has 1 aromatic carbocycles. The van der Waals surface area contributed by atoms with Gasteiger partial charge in [0.15, 0.2) is 11.5 Å². The fourth-order valence-electron chi connectivity index (χ4n) is 2.13. The van der Waals surface area contributed by atoms with Crippen LogP contribution >= 0.6 is 0 Å². The van der Waals surface area contributed by atoms with E-state index < -0.39 is 0 Å². The number of carbonyl (C=O) groups excluding carboxylic acids is 1. The Morgan fingerprint density at radius 1 is 1.22 bits per heavy atom. The number of carbonyl (C=O) groups is 1. The molecule has 0 aliphatic heterocycles. The predicted molar refractivity (Wildman–Crippen MR) is 92.2 cm³/mol. The zero-order valence-corrected chi connectivity index (χ0v) is 13.7. The summed E-state index contributed by atoms with van der Waals surface area (Å²) in [5.74, 6) is 0.396. The number of amides is 1. The van der Waals surface area contributed by atoms with Gasteiger partial charge in [-0.2, -0.15) is 0 Å². The van der Waals surface area contributed by atoms with E-state index in [2.05, 4.69) is 0 Å². The smallest absolute Gasteiger partial charge is 0.246 e. The van der Waals surface area contributed by atoms with Crippen LogP contribution in [0.3, 0.4) is 0 Å². The van der Waals surface area contributed by atoms with Crippen LogP contribution in [0.4, 0.5) is 0 Å². The number of unbranched alkanes of at least 4 members (excludes halogenated alkanes) is 1. The standard InChI is InChI=1S/C17H27N3O3/c1-23-16-13-14(5-7-15(16)21)6-8-17(22)20(12-4-10-19)11-3-2-9-18/h5-8,13,21H,2-4,9-12,18-19H2,1H3/b8-6+. The maximum atomic E-state index is 12.3. The van der Waals surface area contributed by atoms with Crippen molar-refractivity contribution < 1.29 is 14.6 Å². The molecule has 6 heteroatoms. The molecule has 0 heterocycles. The highest BCUT2D eigenvalue weighted by Crippen LogP contribution is 2.26. The third-order valence-corrected chi connectivity index (χ3v) is 3.45. The molecule has 0 aliphatic carbocycles. The maximum absolute atomic E-state index is 12.3. The Bertz CT molecular complexity index is 518. The summed E-state index contributed by atoms with van der Waals surface area (Å²) in [4.78, 5) is 14.1. The monoisotopic (exact) mass is 321 g/mol. The number of aromatic hydroxyl groups is 1. The summed E-state index contributed by atoms with van der Waals surface area (Å²) in [6, 6.07) is 4.94. The van der Waals surface area contributed by atoms with Crippen LogP contribution in [0.15, 0.2) is 24.3 Å². The molecule has 0 fully saturated rings. The van der Waals surface area contributed by atoms with Crippen LogP contribution in [0.2, 0.25) is 0 Å². The number of phenolic OH excluding ortho intramolecular Hbond substituents is 1. The SMILES string of the molecule is COc1cc(/C=C/C(=O)N(CCCN)CCCCN)ccc1O. The lowest BCUT2D eigenvalue weighted by Crippen LogP contribution is -2.32. The second kappa shape index (κ2) is 10.6. The van der Waals surface area contributed by atoms with Gasteiger partial charge >= 0.3 is 0 Å². The molecule has 5 N–H and O–H groups in total. The van der Waals surface area contributed by atoms with Crippen molar-refractivity contribution in [2.45, 2.75) is 19.3 Å². The largest absolute Gasteiger partial charge is 0.504 e. The molecule has 0 atom stereocenters. The van der Waals surface area contributed by atoms with Crippen molar-refractivity contribution in [3.8, 4) is 11.5 Å². The van der Waals surface area contributed by atoms with Crippen molar-refractivity contribution in [2.24, 2.45) is 11.5 Å². The van der Waals surface area contributed by atoms with Gasteiger partial charge in [-0.25, -0.2) is 0 Å². The average Bonchev–Trinajstić information content (AvgIpc) is 2.57. The lowest BCUT2D eigenvalue weighted by molar-refractivity contribution is -0.126. The van der Waals surface area contributed by atoms with Crippen LogP contribution in [0, 0.1) is 0 Å². The summed E-state index contributed by atoms with van der Waals surface area (Å²) >= 11 is 0. The van der Waals surface area contributed by atoms with E-state index in [1.807, 2.05) is 0 Å². The Kier molecular flexibility index (Phi) is 8.79. The van der Waals surface area contributed by atoms with E-state index >= 15 is 0 Å². The predicted octanol–water partition coefficient (Wildman–Crippen LogP) is 1.33. The van der Waals surface area contributed by atoms with Gasteiger partial charge in [0.1, 0.15) is 0 Å². The van der Waals surface area contributed by atoms with Crippen molar-refractivity contribution in [1.29, 1.82) is 0 Å². The van der Waals surface area contributed by atoms with E-state index in [0.717, 1.165) is 24.8 Å². The van der Waals surface area contributed by atoms with E-state index in [9.17, 15) is 9.90 Å². The molecule has 0 aromatic heterocycles. The van der Waals surface area contributed by atoms with Crippen LogP contribution in [0.5, 0.6) is 11.5 Å². The summed E-state index contributed by atoms with van der Waals surface area (Å²) in [5, 5.41) is 9.57. The number of nitrogens with two attached hydrogens (primary N) is 2. The van der Waals surface area contributed by atoms with Crippen molar-refractivity contribution in [2.75, 3.05) is 33.3 Å². The van der Waals surface area contributed by atoms with Gasteiger partial charge in [-0.15, -0.1) is 0 Å². The van der Waals surface area contributed by atoms with Gasteiger partial charge in [0, 0.05) is 19.2 Å². The van der Waals surface area contributed by atoms with Crippen LogP contribution in [0.25, 0.3) is 6.08 Å². The number of nitrogens with zero attached hydrogens (tertiary/aromatic N) is 1. The minimum absolute atomic E-state index is 0.0532. The summed E-state index contributed by atoms with van der Waals surface area (Å²) in [6.45, 7) is 2.50. The minimum Gasteiger partial charge on any atom is -0.504 e. The highest BCUT2D eigenvalue weighted by molar-refractivity contribution is 5.91. The third kappa shape index (κ3) is 6.71. The molecule has 0 bridgehead atoms. The molecule has 128 valence electrons. The van der Waals surface area contributed by atoms with Gasteiger partial charge in [-0.1, -0.05) is 6.07 Å². The van der Waals surface area contributed by atoms with E-state index in [4.69, 9.17) is 16.2 Å². The second-order valence-corrected chi connectivity index (χ2v) is 5.23. The summed E-state index contributed by atoms with van der Waals surface area (Å²) < 4.78 is 5.05. The van der Waals surface area contributed by atoms with Crippen molar-refractivity contribution in [3.63, 3.8) is 0 Å². The van der Waals surface area contributed by atoms with Gasteiger partial charge in [0.05, 0.1) is 7.11 Å². The quantitative estimate of drug-likeness (QED) is 0.446. The Hall–Kier alpha value is -2.05. The fraction of sp³-hybridized carbons (Fsp3) is 0.471. The van der Waals surface area contributed by atoms with E-state index in [1.54, 1.807) is 23.1 Å². The van der Waals surface area contributed by atoms with Crippen molar-refractivity contribution >= 4 is 12.0 Å². The molecule has 1 rings (SSSR count). The number of ether oxygens (including phenoxy) is 1. The average molecular weight is 321 g/mol. The molecular weight excluding hydrogens is 294 g/mol. The van der Waals surface area contributed by atoms with E-state index in [-0.39, 0.29) is 11.7 Å². The topological polar surface area (TPSA) is 102 Å². The first kappa shape index (κ1) is 19.0. The first-order chi connectivity index (χ1) is 11.1. The zero-order valence-electron chi connectivity index (χ0n) is 13.7. The molecular formula is C17H27N3O3. The van der Waals surface area contributed by atoms with Crippen LogP contribution in [0.1, 0.15) is 24.8 Å². The summed E-state index contributed by atoms with van der Waals surface area (Å²) in [6.07, 6.45) is 5.79. The maximum Gasteiger partial charge on any atom is 0.246 e. The highest BCUT2D eigenvalue weighted by atomic mass is 16.5. The van der Waals surface area contributed by atoms with E-state index in [0.29, 0.717) is 31.9 Å². The first-order valence-electron chi connectivity index (χ1n) is 7.86. The molecule has 0 unspecified atom stereocenters. The van der Waals surface area contributed by atoms with E-state index in [1.165, 1.54) is 19.3 Å². The zero-order chi connectivity index (χ0) is 17.1. The number of hydrogen-bond acceptors (Lipinski definition) is 5. The normalized spacial score (nSPS) is 10.9. The first-order valence-corrected chi connectivity index (χ1v) is 7.86. The Morgan fingerprint density at radius 3 is 2.57 bits per heavy atom. The third-order valence-electron chi connectivity index (χ3n) is 3.45. The molecule has 0 saturated carbocycles. The van der Waals surface area contributed by atoms with Crippen LogP contribution in [-0.4, -0.2) is 49.2 Å². The second-order valence-electron chi connectivity index (χ2n) is 5.23. The lowest BCUT2D eigenvalue weighted by atomic mass is 10.2. The fourth-order valence-corrected chi connectivity index (χ4v) is 2.13. The number of rotatable bonds is 10. The molecule has 1 amide bonds. The van der Waals surface area contributed by atoms with Crippen molar-refractivity contribution in [3.05, 3.63) is 29.8 Å². The Balaban J connectivity index is 2.71. The molecule has 0 spiro atoms. The Labute approximate surface area is 137 Å². The molecule has 0 saturated heterocycles. The van der Waals surface area contributed by atoms with Gasteiger partial charge in [0.2, 0.25) is 5.91 Å². The lowest BCUT2D eigenvalue weighted by Gasteiger charge is -2.20. The van der Waals surface area contributed by atoms with Gasteiger partial charge in [0.25, 0.3) is 0 Å². The van der Waals surface area contributed by atoms with Gasteiger partial charge in [-0.05, 0) is 56.1 Å². The Morgan fingerprint density at radius 2 is 1.91 bits per heavy atom. The summed E-state index contributed by atoms with van der Waals surface area (Å²) in [5.41, 5.74) is 11.8. The summed E-state index contributed by atoms with van der Waals surface area (Å²) in [7, 11) is 1.49. The number of hydrogen-bond donors (Lipinski definition) is 3. The van der Waals surface area contributed by atoms with Gasteiger partial charge in [-0.3, -0.25) is 4.79 Å². The molecule has 23 heavy (non-hydrogen) atoms. The molecule has 0 radical (unpaired) electrons.